The smallest absolute Gasteiger partial charge is 0.347 e. The average Bonchev–Trinajstić information content (AvgIpc) is 2.67. The molecule has 140 valence electrons. The molecule has 3 aromatic rings. The lowest BCUT2D eigenvalue weighted by atomic mass is 10.0. The van der Waals surface area contributed by atoms with Gasteiger partial charge in [0.05, 0.1) is 12.1 Å². The van der Waals surface area contributed by atoms with E-state index in [1.165, 1.54) is 0 Å². The number of carbonyl (C=O) groups is 1. The molecule has 1 unspecified atom stereocenters. The number of nitrogen functional groups attached to an aromatic ring is 2. The van der Waals surface area contributed by atoms with Gasteiger partial charge >= 0.3 is 5.97 Å². The number of nitrogens with zero attached hydrogens (tertiary/aromatic N) is 2. The minimum Gasteiger partial charge on any atom is -0.479 e. The van der Waals surface area contributed by atoms with E-state index in [2.05, 4.69) is 15.4 Å². The fraction of sp³-hybridized carbons (Fsp3) is 0.211. The van der Waals surface area contributed by atoms with Crippen LogP contribution in [-0.2, 0) is 9.53 Å². The Morgan fingerprint density at radius 2 is 1.96 bits per heavy atom. The van der Waals surface area contributed by atoms with Gasteiger partial charge in [0.2, 0.25) is 5.95 Å². The largest absolute Gasteiger partial charge is 0.479 e. The van der Waals surface area contributed by atoms with Gasteiger partial charge in [-0.2, -0.15) is 4.98 Å². The maximum absolute atomic E-state index is 11.8. The number of hydrogen-bond donors (Lipinski definition) is 3. The van der Waals surface area contributed by atoms with Crippen molar-refractivity contribution < 1.29 is 14.3 Å². The lowest BCUT2D eigenvalue weighted by molar-refractivity contribution is -0.150. The molecule has 3 rings (SSSR count). The molecule has 0 aliphatic rings. The first-order chi connectivity index (χ1) is 13.0. The molecule has 5 N–H and O–H groups in total. The first-order valence-electron chi connectivity index (χ1n) is 8.49. The van der Waals surface area contributed by atoms with Crippen molar-refractivity contribution in [3.05, 3.63) is 42.5 Å². The van der Waals surface area contributed by atoms with E-state index in [0.29, 0.717) is 23.7 Å². The van der Waals surface area contributed by atoms with Gasteiger partial charge in [-0.05, 0) is 49.2 Å². The number of esters is 1. The van der Waals surface area contributed by atoms with Gasteiger partial charge < -0.3 is 20.6 Å². The molecule has 27 heavy (non-hydrogen) atoms. The Bertz CT molecular complexity index is 977. The van der Waals surface area contributed by atoms with Crippen LogP contribution in [-0.4, -0.2) is 28.6 Å². The van der Waals surface area contributed by atoms with E-state index in [-0.39, 0.29) is 5.95 Å². The highest BCUT2D eigenvalue weighted by Gasteiger charge is 2.16. The van der Waals surface area contributed by atoms with Crippen molar-refractivity contribution in [1.29, 1.82) is 0 Å². The summed E-state index contributed by atoms with van der Waals surface area (Å²) in [5.41, 5.74) is 10.7. The van der Waals surface area contributed by atoms with Gasteiger partial charge in [-0.3, -0.25) is 0 Å². The van der Waals surface area contributed by atoms with Crippen LogP contribution in [0.25, 0.3) is 22.0 Å². The number of benzene rings is 2. The summed E-state index contributed by atoms with van der Waals surface area (Å²) >= 11 is 0. The summed E-state index contributed by atoms with van der Waals surface area (Å²) in [4.78, 5) is 20.1. The summed E-state index contributed by atoms with van der Waals surface area (Å²) in [6.45, 7) is 3.72. The highest BCUT2D eigenvalue weighted by atomic mass is 16.6. The third kappa shape index (κ3) is 4.06. The van der Waals surface area contributed by atoms with Crippen molar-refractivity contribution in [3.63, 3.8) is 0 Å². The molecule has 0 aliphatic heterocycles. The fourth-order valence-corrected chi connectivity index (χ4v) is 2.70. The quantitative estimate of drug-likeness (QED) is 0.345. The number of hydrogen-bond acceptors (Lipinski definition) is 8. The molecule has 0 saturated heterocycles. The molecule has 8 nitrogen and oxygen atoms in total. The summed E-state index contributed by atoms with van der Waals surface area (Å²) in [5, 5.41) is 0.746. The Morgan fingerprint density at radius 3 is 2.70 bits per heavy atom. The SMILES string of the molecule is CCOC(=O)C(C)Oc1cccc(-c2ccc3nc(N)nc(NN)c3c2)c1. The van der Waals surface area contributed by atoms with Crippen LogP contribution in [0.2, 0.25) is 0 Å². The van der Waals surface area contributed by atoms with Crippen LogP contribution in [0, 0.1) is 0 Å². The molecule has 0 aliphatic carbocycles. The van der Waals surface area contributed by atoms with Crippen LogP contribution in [0.4, 0.5) is 11.8 Å². The zero-order valence-electron chi connectivity index (χ0n) is 15.1. The van der Waals surface area contributed by atoms with Crippen LogP contribution in [0.3, 0.4) is 0 Å². The van der Waals surface area contributed by atoms with Crippen molar-refractivity contribution in [2.24, 2.45) is 5.84 Å². The molecule has 1 aromatic heterocycles. The molecule has 0 spiro atoms. The second-order valence-corrected chi connectivity index (χ2v) is 5.85. The Labute approximate surface area is 156 Å². The zero-order chi connectivity index (χ0) is 19.4. The van der Waals surface area contributed by atoms with Crippen LogP contribution in [0.1, 0.15) is 13.8 Å². The Kier molecular flexibility index (Phi) is 5.37. The summed E-state index contributed by atoms with van der Waals surface area (Å²) in [6, 6.07) is 13.1. The molecular weight excluding hydrogens is 346 g/mol. The lowest BCUT2D eigenvalue weighted by Crippen LogP contribution is -2.26. The van der Waals surface area contributed by atoms with Crippen LogP contribution < -0.4 is 21.7 Å². The first kappa shape index (κ1) is 18.4. The molecule has 1 heterocycles. The standard InChI is InChI=1S/C19H21N5O3/c1-3-26-18(25)11(2)27-14-6-4-5-12(9-14)13-7-8-16-15(10-13)17(24-21)23-19(20)22-16/h4-11H,3,21H2,1-2H3,(H3,20,22,23,24). The number of nitrogens with one attached hydrogen (secondary N) is 1. The van der Waals surface area contributed by atoms with Crippen molar-refractivity contribution in [1.82, 2.24) is 9.97 Å². The van der Waals surface area contributed by atoms with Crippen molar-refractivity contribution >= 4 is 28.6 Å². The summed E-state index contributed by atoms with van der Waals surface area (Å²) in [7, 11) is 0. The number of aromatic nitrogens is 2. The number of fused-ring (bicyclic) bond motifs is 1. The van der Waals surface area contributed by atoms with Gasteiger partial charge in [-0.25, -0.2) is 15.6 Å². The predicted octanol–water partition coefficient (Wildman–Crippen LogP) is 2.50. The Balaban J connectivity index is 1.93. The summed E-state index contributed by atoms with van der Waals surface area (Å²) < 4.78 is 10.7. The number of rotatable bonds is 6. The lowest BCUT2D eigenvalue weighted by Gasteiger charge is -2.14. The van der Waals surface area contributed by atoms with E-state index in [1.54, 1.807) is 19.9 Å². The second-order valence-electron chi connectivity index (χ2n) is 5.85. The number of nitrogens with two attached hydrogens (primary N) is 2. The number of ether oxygens (including phenoxy) is 2. The van der Waals surface area contributed by atoms with Gasteiger partial charge in [0.25, 0.3) is 0 Å². The molecule has 8 heteroatoms. The molecule has 0 amide bonds. The third-order valence-corrected chi connectivity index (χ3v) is 3.95. The first-order valence-corrected chi connectivity index (χ1v) is 8.49. The van der Waals surface area contributed by atoms with Gasteiger partial charge in [-0.15, -0.1) is 0 Å². The van der Waals surface area contributed by atoms with Crippen LogP contribution >= 0.6 is 0 Å². The van der Waals surface area contributed by atoms with E-state index in [0.717, 1.165) is 16.5 Å². The van der Waals surface area contributed by atoms with Crippen LogP contribution in [0.5, 0.6) is 5.75 Å². The second kappa shape index (κ2) is 7.88. The van der Waals surface area contributed by atoms with E-state index >= 15 is 0 Å². The van der Waals surface area contributed by atoms with E-state index in [4.69, 9.17) is 21.1 Å². The third-order valence-electron chi connectivity index (χ3n) is 3.95. The van der Waals surface area contributed by atoms with E-state index in [9.17, 15) is 4.79 Å². The number of anilines is 2. The van der Waals surface area contributed by atoms with Gasteiger partial charge in [0, 0.05) is 5.39 Å². The normalized spacial score (nSPS) is 11.8. The predicted molar refractivity (Wildman–Crippen MR) is 104 cm³/mol. The highest BCUT2D eigenvalue weighted by molar-refractivity contribution is 5.93. The van der Waals surface area contributed by atoms with Gasteiger partial charge in [0.15, 0.2) is 11.9 Å². The minimum atomic E-state index is -0.693. The van der Waals surface area contributed by atoms with Crippen molar-refractivity contribution in [2.45, 2.75) is 20.0 Å². The zero-order valence-corrected chi connectivity index (χ0v) is 15.1. The topological polar surface area (TPSA) is 125 Å². The summed E-state index contributed by atoms with van der Waals surface area (Å²) in [5.74, 6) is 6.31. The van der Waals surface area contributed by atoms with Crippen LogP contribution in [0.15, 0.2) is 42.5 Å². The molecule has 0 radical (unpaired) electrons. The van der Waals surface area contributed by atoms with Gasteiger partial charge in [0.1, 0.15) is 5.75 Å². The highest BCUT2D eigenvalue weighted by Crippen LogP contribution is 2.29. The molecule has 0 saturated carbocycles. The van der Waals surface area contributed by atoms with Gasteiger partial charge in [-0.1, -0.05) is 18.2 Å². The summed E-state index contributed by atoms with van der Waals surface area (Å²) in [6.07, 6.45) is -0.693. The van der Waals surface area contributed by atoms with Crippen molar-refractivity contribution in [3.8, 4) is 16.9 Å². The maximum atomic E-state index is 11.8. The minimum absolute atomic E-state index is 0.145. The molecular formula is C19H21N5O3. The monoisotopic (exact) mass is 367 g/mol. The number of carbonyl (C=O) groups excluding carboxylic acids is 1. The Hall–Kier alpha value is -3.39. The molecule has 0 bridgehead atoms. The molecule has 0 fully saturated rings. The maximum Gasteiger partial charge on any atom is 0.347 e. The molecule has 1 atom stereocenters. The molecule has 2 aromatic carbocycles. The average molecular weight is 367 g/mol. The number of hydrazine groups is 1. The van der Waals surface area contributed by atoms with E-state index in [1.807, 2.05) is 36.4 Å². The Morgan fingerprint density at radius 1 is 1.19 bits per heavy atom. The van der Waals surface area contributed by atoms with Crippen molar-refractivity contribution in [2.75, 3.05) is 17.8 Å². The fourth-order valence-electron chi connectivity index (χ4n) is 2.70. The van der Waals surface area contributed by atoms with E-state index < -0.39 is 12.1 Å².